The van der Waals surface area contributed by atoms with Crippen LogP contribution in [-0.2, 0) is 4.74 Å². The normalized spacial score (nSPS) is 27.6. The van der Waals surface area contributed by atoms with Crippen molar-refractivity contribution in [2.45, 2.75) is 58.9 Å². The molecule has 0 spiro atoms. The van der Waals surface area contributed by atoms with Crippen LogP contribution in [0.5, 0.6) is 0 Å². The Kier molecular flexibility index (Phi) is 5.77. The fourth-order valence-electron chi connectivity index (χ4n) is 2.90. The highest BCUT2D eigenvalue weighted by Crippen LogP contribution is 2.33. The highest BCUT2D eigenvalue weighted by Gasteiger charge is 2.40. The van der Waals surface area contributed by atoms with Gasteiger partial charge in [-0.3, -0.25) is 4.90 Å². The molecule has 96 valence electrons. The Morgan fingerprint density at radius 3 is 2.56 bits per heavy atom. The van der Waals surface area contributed by atoms with E-state index in [0.717, 1.165) is 19.8 Å². The first-order valence-corrected chi connectivity index (χ1v) is 7.00. The topological polar surface area (TPSA) is 12.5 Å². The van der Waals surface area contributed by atoms with E-state index in [1.807, 2.05) is 0 Å². The lowest BCUT2D eigenvalue weighted by Crippen LogP contribution is -2.60. The molecule has 0 bridgehead atoms. The molecule has 1 atom stereocenters. The summed E-state index contributed by atoms with van der Waals surface area (Å²) >= 11 is 0. The number of morpholine rings is 1. The second-order valence-corrected chi connectivity index (χ2v) is 5.40. The predicted molar refractivity (Wildman–Crippen MR) is 69.8 cm³/mol. The summed E-state index contributed by atoms with van der Waals surface area (Å²) in [5, 5.41) is 0. The Bertz CT molecular complexity index is 189. The van der Waals surface area contributed by atoms with Gasteiger partial charge in [-0.2, -0.15) is 0 Å². The zero-order valence-electron chi connectivity index (χ0n) is 11.6. The minimum atomic E-state index is 0.308. The molecule has 2 nitrogen and oxygen atoms in total. The first kappa shape index (κ1) is 14.0. The van der Waals surface area contributed by atoms with Gasteiger partial charge in [-0.1, -0.05) is 40.5 Å². The van der Waals surface area contributed by atoms with Crippen molar-refractivity contribution in [2.75, 3.05) is 26.3 Å². The number of unbranched alkanes of at least 4 members (excludes halogenated alkanes) is 1. The highest BCUT2D eigenvalue weighted by atomic mass is 16.5. The van der Waals surface area contributed by atoms with E-state index in [2.05, 4.69) is 32.6 Å². The average Bonchev–Trinajstić information content (AvgIpc) is 2.28. The lowest BCUT2D eigenvalue weighted by molar-refractivity contribution is -0.0960. The number of rotatable bonds is 6. The van der Waals surface area contributed by atoms with Gasteiger partial charge in [0.1, 0.15) is 0 Å². The summed E-state index contributed by atoms with van der Waals surface area (Å²) in [5.74, 6) is 0.685. The molecule has 0 aromatic heterocycles. The molecule has 0 amide bonds. The molecular weight excluding hydrogens is 198 g/mol. The summed E-state index contributed by atoms with van der Waals surface area (Å²) < 4.78 is 5.77. The third-order valence-corrected chi connectivity index (χ3v) is 4.03. The minimum absolute atomic E-state index is 0.308. The molecule has 0 radical (unpaired) electrons. The van der Waals surface area contributed by atoms with Crippen LogP contribution in [0.1, 0.15) is 53.4 Å². The van der Waals surface area contributed by atoms with E-state index in [1.54, 1.807) is 0 Å². The molecule has 0 aromatic rings. The maximum atomic E-state index is 5.77. The zero-order chi connectivity index (χ0) is 12.0. The van der Waals surface area contributed by atoms with Crippen LogP contribution in [0.4, 0.5) is 0 Å². The van der Waals surface area contributed by atoms with Crippen molar-refractivity contribution in [3.8, 4) is 0 Å². The summed E-state index contributed by atoms with van der Waals surface area (Å²) in [5.41, 5.74) is 0.308. The van der Waals surface area contributed by atoms with E-state index in [0.29, 0.717) is 11.5 Å². The molecule has 1 unspecified atom stereocenters. The van der Waals surface area contributed by atoms with Crippen LogP contribution in [0, 0.1) is 5.92 Å². The summed E-state index contributed by atoms with van der Waals surface area (Å²) in [7, 11) is 0. The van der Waals surface area contributed by atoms with Crippen LogP contribution in [0.25, 0.3) is 0 Å². The third-order valence-electron chi connectivity index (χ3n) is 4.03. The van der Waals surface area contributed by atoms with Gasteiger partial charge in [0, 0.05) is 12.1 Å². The van der Waals surface area contributed by atoms with Gasteiger partial charge in [0.05, 0.1) is 13.2 Å². The van der Waals surface area contributed by atoms with Gasteiger partial charge in [-0.05, 0) is 25.3 Å². The summed E-state index contributed by atoms with van der Waals surface area (Å²) in [4.78, 5) is 2.70. The first-order valence-electron chi connectivity index (χ1n) is 7.00. The van der Waals surface area contributed by atoms with Gasteiger partial charge >= 0.3 is 0 Å². The molecule has 1 saturated heterocycles. The van der Waals surface area contributed by atoms with Crippen LogP contribution < -0.4 is 0 Å². The van der Waals surface area contributed by atoms with Gasteiger partial charge in [0.25, 0.3) is 0 Å². The SMILES string of the molecule is CCCCN1CCOCC1(CCC)C(C)C. The van der Waals surface area contributed by atoms with Crippen molar-refractivity contribution in [2.24, 2.45) is 5.92 Å². The van der Waals surface area contributed by atoms with Crippen molar-refractivity contribution in [1.29, 1.82) is 0 Å². The van der Waals surface area contributed by atoms with E-state index in [4.69, 9.17) is 4.74 Å². The van der Waals surface area contributed by atoms with Crippen LogP contribution in [0.2, 0.25) is 0 Å². The quantitative estimate of drug-likeness (QED) is 0.690. The fraction of sp³-hybridized carbons (Fsp3) is 1.00. The Balaban J connectivity index is 2.73. The Morgan fingerprint density at radius 1 is 1.25 bits per heavy atom. The number of hydrogen-bond acceptors (Lipinski definition) is 2. The lowest BCUT2D eigenvalue weighted by Gasteiger charge is -2.50. The Labute approximate surface area is 101 Å². The fourth-order valence-corrected chi connectivity index (χ4v) is 2.90. The van der Waals surface area contributed by atoms with Crippen molar-refractivity contribution in [3.05, 3.63) is 0 Å². The molecule has 16 heavy (non-hydrogen) atoms. The largest absolute Gasteiger partial charge is 0.378 e. The summed E-state index contributed by atoms with van der Waals surface area (Å²) in [6.45, 7) is 13.5. The second-order valence-electron chi connectivity index (χ2n) is 5.40. The maximum absolute atomic E-state index is 5.77. The van der Waals surface area contributed by atoms with Crippen LogP contribution in [-0.4, -0.2) is 36.7 Å². The third kappa shape index (κ3) is 2.98. The Morgan fingerprint density at radius 2 is 2.00 bits per heavy atom. The molecule has 1 heterocycles. The molecule has 0 aromatic carbocycles. The Hall–Kier alpha value is -0.0800. The van der Waals surface area contributed by atoms with E-state index in [9.17, 15) is 0 Å². The molecule has 1 rings (SSSR count). The zero-order valence-corrected chi connectivity index (χ0v) is 11.6. The standard InChI is InChI=1S/C14H29NO/c1-5-7-9-15-10-11-16-12-14(15,8-6-2)13(3)4/h13H,5-12H2,1-4H3. The number of nitrogens with zero attached hydrogens (tertiary/aromatic N) is 1. The molecule has 0 saturated carbocycles. The van der Waals surface area contributed by atoms with Crippen LogP contribution in [0.15, 0.2) is 0 Å². The van der Waals surface area contributed by atoms with Crippen molar-refractivity contribution >= 4 is 0 Å². The number of ether oxygens (including phenoxy) is 1. The monoisotopic (exact) mass is 227 g/mol. The van der Waals surface area contributed by atoms with E-state index in [-0.39, 0.29) is 0 Å². The summed E-state index contributed by atoms with van der Waals surface area (Å²) in [6.07, 6.45) is 5.13. The van der Waals surface area contributed by atoms with Crippen molar-refractivity contribution in [3.63, 3.8) is 0 Å². The van der Waals surface area contributed by atoms with Crippen LogP contribution in [0.3, 0.4) is 0 Å². The first-order chi connectivity index (χ1) is 7.67. The average molecular weight is 227 g/mol. The molecule has 2 heteroatoms. The molecule has 0 aliphatic carbocycles. The number of hydrogen-bond donors (Lipinski definition) is 0. The minimum Gasteiger partial charge on any atom is -0.378 e. The molecule has 1 aliphatic rings. The van der Waals surface area contributed by atoms with Crippen molar-refractivity contribution in [1.82, 2.24) is 4.90 Å². The van der Waals surface area contributed by atoms with Crippen LogP contribution >= 0.6 is 0 Å². The summed E-state index contributed by atoms with van der Waals surface area (Å²) in [6, 6.07) is 0. The lowest BCUT2D eigenvalue weighted by atomic mass is 9.80. The highest BCUT2D eigenvalue weighted by molar-refractivity contribution is 4.95. The van der Waals surface area contributed by atoms with E-state index in [1.165, 1.54) is 32.2 Å². The molecule has 1 fully saturated rings. The molecule has 0 N–H and O–H groups in total. The maximum Gasteiger partial charge on any atom is 0.0653 e. The van der Waals surface area contributed by atoms with Crippen molar-refractivity contribution < 1.29 is 4.74 Å². The van der Waals surface area contributed by atoms with Gasteiger partial charge in [0.2, 0.25) is 0 Å². The predicted octanol–water partition coefficient (Wildman–Crippen LogP) is 3.31. The van der Waals surface area contributed by atoms with E-state index >= 15 is 0 Å². The smallest absolute Gasteiger partial charge is 0.0653 e. The van der Waals surface area contributed by atoms with Gasteiger partial charge in [-0.15, -0.1) is 0 Å². The van der Waals surface area contributed by atoms with Gasteiger partial charge in [-0.25, -0.2) is 0 Å². The molecule has 1 aliphatic heterocycles. The van der Waals surface area contributed by atoms with Gasteiger partial charge in [0.15, 0.2) is 0 Å². The van der Waals surface area contributed by atoms with Gasteiger partial charge < -0.3 is 4.74 Å². The molecular formula is C14H29NO. The second kappa shape index (κ2) is 6.61. The van der Waals surface area contributed by atoms with E-state index < -0.39 is 0 Å².